The van der Waals surface area contributed by atoms with E-state index in [1.165, 1.54) is 5.56 Å². The minimum absolute atomic E-state index is 0.0251. The Kier molecular flexibility index (Phi) is 3.84. The molecule has 0 N–H and O–H groups in total. The van der Waals surface area contributed by atoms with Gasteiger partial charge in [-0.25, -0.2) is 0 Å². The Labute approximate surface area is 119 Å². The summed E-state index contributed by atoms with van der Waals surface area (Å²) in [7, 11) is 0. The number of rotatable bonds is 3. The summed E-state index contributed by atoms with van der Waals surface area (Å²) in [5.41, 5.74) is 3.11. The molecular formula is C18H18O2. The van der Waals surface area contributed by atoms with E-state index >= 15 is 0 Å². The van der Waals surface area contributed by atoms with Crippen molar-refractivity contribution in [3.05, 3.63) is 70.8 Å². The Balaban J connectivity index is 2.26. The molecule has 0 bridgehead atoms. The van der Waals surface area contributed by atoms with E-state index in [-0.39, 0.29) is 11.2 Å². The topological polar surface area (TPSA) is 34.1 Å². The second-order valence-corrected chi connectivity index (χ2v) is 5.90. The molecule has 2 heteroatoms. The summed E-state index contributed by atoms with van der Waals surface area (Å²) >= 11 is 0. The van der Waals surface area contributed by atoms with Gasteiger partial charge >= 0.3 is 0 Å². The zero-order chi connectivity index (χ0) is 14.8. The summed E-state index contributed by atoms with van der Waals surface area (Å²) in [5, 5.41) is 0. The van der Waals surface area contributed by atoms with Crippen LogP contribution in [0.25, 0.3) is 0 Å². The zero-order valence-electron chi connectivity index (χ0n) is 12.0. The number of hydrogen-bond donors (Lipinski definition) is 0. The van der Waals surface area contributed by atoms with Crippen molar-refractivity contribution in [3.63, 3.8) is 0 Å². The molecule has 20 heavy (non-hydrogen) atoms. The third kappa shape index (κ3) is 3.02. The summed E-state index contributed by atoms with van der Waals surface area (Å²) < 4.78 is 0. The van der Waals surface area contributed by atoms with Gasteiger partial charge in [0.15, 0.2) is 5.78 Å². The Morgan fingerprint density at radius 1 is 0.850 bits per heavy atom. The second kappa shape index (κ2) is 5.41. The third-order valence-electron chi connectivity index (χ3n) is 3.32. The summed E-state index contributed by atoms with van der Waals surface area (Å²) in [6.45, 7) is 6.42. The molecule has 2 aromatic rings. The maximum Gasteiger partial charge on any atom is 0.193 e. The maximum absolute atomic E-state index is 12.3. The van der Waals surface area contributed by atoms with E-state index in [9.17, 15) is 9.59 Å². The van der Waals surface area contributed by atoms with Crippen molar-refractivity contribution in [1.82, 2.24) is 0 Å². The molecule has 102 valence electrons. The SMILES string of the molecule is CC(C)(C)c1ccc(C(=O)c2ccc(C=O)cc2)cc1. The van der Waals surface area contributed by atoms with Crippen molar-refractivity contribution < 1.29 is 9.59 Å². The van der Waals surface area contributed by atoms with Crippen LogP contribution in [0.2, 0.25) is 0 Å². The van der Waals surface area contributed by atoms with Gasteiger partial charge in [-0.2, -0.15) is 0 Å². The monoisotopic (exact) mass is 266 g/mol. The molecule has 0 saturated heterocycles. The van der Waals surface area contributed by atoms with Crippen LogP contribution in [0, 0.1) is 0 Å². The molecular weight excluding hydrogens is 248 g/mol. The Bertz CT molecular complexity index is 614. The normalized spacial score (nSPS) is 11.2. The highest BCUT2D eigenvalue weighted by Crippen LogP contribution is 2.23. The fraction of sp³-hybridized carbons (Fsp3) is 0.222. The van der Waals surface area contributed by atoms with Crippen LogP contribution in [-0.4, -0.2) is 12.1 Å². The molecule has 0 spiro atoms. The molecule has 0 fully saturated rings. The average Bonchev–Trinajstić information content (AvgIpc) is 2.46. The van der Waals surface area contributed by atoms with Crippen molar-refractivity contribution >= 4 is 12.1 Å². The molecule has 0 saturated carbocycles. The molecule has 2 rings (SSSR count). The van der Waals surface area contributed by atoms with Gasteiger partial charge in [0, 0.05) is 16.7 Å². The van der Waals surface area contributed by atoms with E-state index < -0.39 is 0 Å². The van der Waals surface area contributed by atoms with Crippen LogP contribution in [0.1, 0.15) is 52.6 Å². The van der Waals surface area contributed by atoms with Crippen molar-refractivity contribution in [2.24, 2.45) is 0 Å². The predicted octanol–water partition coefficient (Wildman–Crippen LogP) is 4.03. The lowest BCUT2D eigenvalue weighted by molar-refractivity contribution is 0.103. The minimum Gasteiger partial charge on any atom is -0.298 e. The lowest BCUT2D eigenvalue weighted by atomic mass is 9.86. The van der Waals surface area contributed by atoms with Gasteiger partial charge in [-0.1, -0.05) is 69.3 Å². The van der Waals surface area contributed by atoms with Crippen molar-refractivity contribution in [2.75, 3.05) is 0 Å². The van der Waals surface area contributed by atoms with Crippen molar-refractivity contribution in [1.29, 1.82) is 0 Å². The molecule has 0 aliphatic heterocycles. The van der Waals surface area contributed by atoms with Crippen LogP contribution >= 0.6 is 0 Å². The van der Waals surface area contributed by atoms with E-state index in [1.54, 1.807) is 24.3 Å². The highest BCUT2D eigenvalue weighted by Gasteiger charge is 2.15. The summed E-state index contributed by atoms with van der Waals surface area (Å²) in [4.78, 5) is 22.9. The standard InChI is InChI=1S/C18H18O2/c1-18(2,3)16-10-8-15(9-11-16)17(20)14-6-4-13(12-19)5-7-14/h4-12H,1-3H3. The molecule has 0 radical (unpaired) electrons. The largest absolute Gasteiger partial charge is 0.298 e. The highest BCUT2D eigenvalue weighted by atomic mass is 16.1. The number of benzene rings is 2. The first-order chi connectivity index (χ1) is 9.41. The van der Waals surface area contributed by atoms with Crippen LogP contribution in [0.4, 0.5) is 0 Å². The van der Waals surface area contributed by atoms with E-state index in [2.05, 4.69) is 20.8 Å². The van der Waals surface area contributed by atoms with Gasteiger partial charge in [0.05, 0.1) is 0 Å². The molecule has 0 aliphatic rings. The number of aldehydes is 1. The molecule has 0 heterocycles. The van der Waals surface area contributed by atoms with Crippen LogP contribution in [0.5, 0.6) is 0 Å². The van der Waals surface area contributed by atoms with E-state index in [4.69, 9.17) is 0 Å². The summed E-state index contributed by atoms with van der Waals surface area (Å²) in [6.07, 6.45) is 0.770. The number of ketones is 1. The first-order valence-electron chi connectivity index (χ1n) is 6.62. The number of carbonyl (C=O) groups excluding carboxylic acids is 2. The van der Waals surface area contributed by atoms with Gasteiger partial charge in [-0.05, 0) is 11.0 Å². The maximum atomic E-state index is 12.3. The van der Waals surface area contributed by atoms with E-state index in [1.807, 2.05) is 24.3 Å². The van der Waals surface area contributed by atoms with Crippen LogP contribution in [0.15, 0.2) is 48.5 Å². The van der Waals surface area contributed by atoms with Gasteiger partial charge in [0.1, 0.15) is 6.29 Å². The van der Waals surface area contributed by atoms with Crippen molar-refractivity contribution in [3.8, 4) is 0 Å². The zero-order valence-corrected chi connectivity index (χ0v) is 12.0. The van der Waals surface area contributed by atoms with E-state index in [0.717, 1.165) is 6.29 Å². The predicted molar refractivity (Wildman–Crippen MR) is 80.4 cm³/mol. The molecule has 0 aromatic heterocycles. The lowest BCUT2D eigenvalue weighted by Crippen LogP contribution is -2.11. The summed E-state index contributed by atoms with van der Waals surface area (Å²) in [5.74, 6) is -0.0251. The van der Waals surface area contributed by atoms with Crippen LogP contribution < -0.4 is 0 Å². The fourth-order valence-electron chi connectivity index (χ4n) is 2.00. The Morgan fingerprint density at radius 3 is 1.70 bits per heavy atom. The first-order valence-corrected chi connectivity index (χ1v) is 6.62. The molecule has 0 atom stereocenters. The quantitative estimate of drug-likeness (QED) is 0.621. The van der Waals surface area contributed by atoms with Crippen molar-refractivity contribution in [2.45, 2.75) is 26.2 Å². The Hall–Kier alpha value is -2.22. The summed E-state index contributed by atoms with van der Waals surface area (Å²) in [6, 6.07) is 14.4. The Morgan fingerprint density at radius 2 is 1.30 bits per heavy atom. The van der Waals surface area contributed by atoms with Gasteiger partial charge < -0.3 is 0 Å². The second-order valence-electron chi connectivity index (χ2n) is 5.90. The average molecular weight is 266 g/mol. The number of carbonyl (C=O) groups is 2. The molecule has 0 aliphatic carbocycles. The van der Waals surface area contributed by atoms with Gasteiger partial charge in [0.25, 0.3) is 0 Å². The fourth-order valence-corrected chi connectivity index (χ4v) is 2.00. The molecule has 0 unspecified atom stereocenters. The smallest absolute Gasteiger partial charge is 0.193 e. The van der Waals surface area contributed by atoms with Gasteiger partial charge in [-0.15, -0.1) is 0 Å². The van der Waals surface area contributed by atoms with Gasteiger partial charge in [0.2, 0.25) is 0 Å². The first kappa shape index (κ1) is 14.2. The molecule has 2 aromatic carbocycles. The van der Waals surface area contributed by atoms with Crippen LogP contribution in [0.3, 0.4) is 0 Å². The minimum atomic E-state index is -0.0251. The van der Waals surface area contributed by atoms with E-state index in [0.29, 0.717) is 16.7 Å². The molecule has 2 nitrogen and oxygen atoms in total. The third-order valence-corrected chi connectivity index (χ3v) is 3.32. The van der Waals surface area contributed by atoms with Gasteiger partial charge in [-0.3, -0.25) is 9.59 Å². The lowest BCUT2D eigenvalue weighted by Gasteiger charge is -2.19. The highest BCUT2D eigenvalue weighted by molar-refractivity contribution is 6.09. The number of hydrogen-bond acceptors (Lipinski definition) is 2. The molecule has 0 amide bonds. The van der Waals surface area contributed by atoms with Crippen LogP contribution in [-0.2, 0) is 5.41 Å².